The minimum atomic E-state index is -0.620. The van der Waals surface area contributed by atoms with Crippen molar-refractivity contribution < 1.29 is 18.7 Å². The van der Waals surface area contributed by atoms with E-state index in [1.54, 1.807) is 0 Å². The molecule has 0 atom stereocenters. The van der Waals surface area contributed by atoms with Gasteiger partial charge in [-0.15, -0.1) is 0 Å². The molecule has 0 aliphatic carbocycles. The summed E-state index contributed by atoms with van der Waals surface area (Å²) in [5.74, 6) is -1.27. The Kier molecular flexibility index (Phi) is 5.10. The fourth-order valence-electron chi connectivity index (χ4n) is 1.35. The molecule has 1 aromatic carbocycles. The highest BCUT2D eigenvalue weighted by atomic mass is 35.5. The quantitative estimate of drug-likeness (QED) is 0.602. The van der Waals surface area contributed by atoms with Crippen LogP contribution < -0.4 is 0 Å². The third kappa shape index (κ3) is 3.82. The monoisotopic (exact) mass is 258 g/mol. The van der Waals surface area contributed by atoms with Crippen LogP contribution in [0.5, 0.6) is 0 Å². The van der Waals surface area contributed by atoms with Gasteiger partial charge in [0.05, 0.1) is 12.1 Å². The largest absolute Gasteiger partial charge is 0.469 e. The molecule has 1 aromatic rings. The minimum Gasteiger partial charge on any atom is -0.469 e. The average Bonchev–Trinajstić information content (AvgIpc) is 2.32. The van der Waals surface area contributed by atoms with Crippen molar-refractivity contribution in [1.82, 2.24) is 0 Å². The molecule has 0 saturated carbocycles. The first-order valence-electron chi connectivity index (χ1n) is 5.10. The maximum atomic E-state index is 13.1. The van der Waals surface area contributed by atoms with Crippen molar-refractivity contribution in [3.05, 3.63) is 34.6 Å². The molecule has 1 rings (SSSR count). The number of carbonyl (C=O) groups is 2. The second-order valence-electron chi connectivity index (χ2n) is 3.45. The molecule has 0 aromatic heterocycles. The number of ketones is 1. The van der Waals surface area contributed by atoms with Crippen LogP contribution in [0.15, 0.2) is 18.2 Å². The SMILES string of the molecule is COC(=O)CCCC(=O)c1cccc(F)c1Cl. The summed E-state index contributed by atoms with van der Waals surface area (Å²) in [5.41, 5.74) is 0.150. The van der Waals surface area contributed by atoms with Crippen LogP contribution >= 0.6 is 11.6 Å². The summed E-state index contributed by atoms with van der Waals surface area (Å²) in [6.45, 7) is 0. The number of rotatable bonds is 5. The van der Waals surface area contributed by atoms with Crippen LogP contribution in [-0.4, -0.2) is 18.9 Å². The van der Waals surface area contributed by atoms with E-state index in [-0.39, 0.29) is 35.2 Å². The van der Waals surface area contributed by atoms with Crippen LogP contribution in [-0.2, 0) is 9.53 Å². The van der Waals surface area contributed by atoms with Gasteiger partial charge in [-0.25, -0.2) is 4.39 Å². The van der Waals surface area contributed by atoms with Gasteiger partial charge < -0.3 is 4.74 Å². The van der Waals surface area contributed by atoms with Gasteiger partial charge in [0.2, 0.25) is 0 Å². The van der Waals surface area contributed by atoms with Gasteiger partial charge in [0.25, 0.3) is 0 Å². The van der Waals surface area contributed by atoms with Gasteiger partial charge in [-0.2, -0.15) is 0 Å². The summed E-state index contributed by atoms with van der Waals surface area (Å²) in [6.07, 6.45) is 0.659. The highest BCUT2D eigenvalue weighted by Gasteiger charge is 2.13. The van der Waals surface area contributed by atoms with E-state index in [2.05, 4.69) is 4.74 Å². The van der Waals surface area contributed by atoms with Crippen LogP contribution in [0.4, 0.5) is 4.39 Å². The Morgan fingerprint density at radius 3 is 2.71 bits per heavy atom. The van der Waals surface area contributed by atoms with Crippen molar-refractivity contribution in [2.24, 2.45) is 0 Å². The lowest BCUT2D eigenvalue weighted by molar-refractivity contribution is -0.140. The molecule has 0 aliphatic heterocycles. The topological polar surface area (TPSA) is 43.4 Å². The molecule has 5 heteroatoms. The minimum absolute atomic E-state index is 0.137. The van der Waals surface area contributed by atoms with Gasteiger partial charge in [-0.3, -0.25) is 9.59 Å². The number of halogens is 2. The summed E-state index contributed by atoms with van der Waals surface area (Å²) in [7, 11) is 1.29. The van der Waals surface area contributed by atoms with Crippen molar-refractivity contribution in [1.29, 1.82) is 0 Å². The number of hydrogen-bond acceptors (Lipinski definition) is 3. The van der Waals surface area contributed by atoms with E-state index < -0.39 is 5.82 Å². The Labute approximate surface area is 104 Å². The predicted octanol–water partition coefficient (Wildman–Crippen LogP) is 3.01. The number of ether oxygens (including phenoxy) is 1. The van der Waals surface area contributed by atoms with Crippen LogP contribution in [0.3, 0.4) is 0 Å². The fraction of sp³-hybridized carbons (Fsp3) is 0.333. The predicted molar refractivity (Wildman–Crippen MR) is 61.6 cm³/mol. The van der Waals surface area contributed by atoms with Gasteiger partial charge in [-0.1, -0.05) is 17.7 Å². The number of Topliss-reactive ketones (excluding diaryl/α,β-unsaturated/α-hetero) is 1. The second-order valence-corrected chi connectivity index (χ2v) is 3.83. The summed E-state index contributed by atoms with van der Waals surface area (Å²) >= 11 is 5.67. The Morgan fingerprint density at radius 1 is 1.35 bits per heavy atom. The van der Waals surface area contributed by atoms with Gasteiger partial charge in [0.15, 0.2) is 5.78 Å². The number of carbonyl (C=O) groups excluding carboxylic acids is 2. The van der Waals surface area contributed by atoms with E-state index in [1.165, 1.54) is 25.3 Å². The number of esters is 1. The molecular weight excluding hydrogens is 247 g/mol. The van der Waals surface area contributed by atoms with Gasteiger partial charge in [0, 0.05) is 18.4 Å². The smallest absolute Gasteiger partial charge is 0.305 e. The van der Waals surface area contributed by atoms with Crippen LogP contribution in [0.1, 0.15) is 29.6 Å². The molecule has 0 unspecified atom stereocenters. The molecule has 0 fully saturated rings. The van der Waals surface area contributed by atoms with E-state index in [9.17, 15) is 14.0 Å². The van der Waals surface area contributed by atoms with Crippen molar-refractivity contribution in [3.8, 4) is 0 Å². The Bertz CT molecular complexity index is 432. The standard InChI is InChI=1S/C12H12ClFO3/c1-17-11(16)7-3-6-10(15)8-4-2-5-9(14)12(8)13/h2,4-5H,3,6-7H2,1H3. The first kappa shape index (κ1) is 13.6. The molecule has 92 valence electrons. The number of hydrogen-bond donors (Lipinski definition) is 0. The molecule has 0 N–H and O–H groups in total. The fourth-order valence-corrected chi connectivity index (χ4v) is 1.58. The molecule has 17 heavy (non-hydrogen) atoms. The molecule has 0 saturated heterocycles. The summed E-state index contributed by atoms with van der Waals surface area (Å²) < 4.78 is 17.5. The average molecular weight is 259 g/mol. The maximum Gasteiger partial charge on any atom is 0.305 e. The zero-order valence-electron chi connectivity index (χ0n) is 9.33. The Morgan fingerprint density at radius 2 is 2.06 bits per heavy atom. The van der Waals surface area contributed by atoms with Crippen LogP contribution in [0, 0.1) is 5.82 Å². The molecule has 0 heterocycles. The van der Waals surface area contributed by atoms with Gasteiger partial charge >= 0.3 is 5.97 Å². The van der Waals surface area contributed by atoms with Crippen molar-refractivity contribution >= 4 is 23.4 Å². The van der Waals surface area contributed by atoms with Crippen molar-refractivity contribution in [2.75, 3.05) is 7.11 Å². The summed E-state index contributed by atoms with van der Waals surface area (Å²) in [5, 5.41) is -0.171. The Hall–Kier alpha value is -1.42. The van der Waals surface area contributed by atoms with Crippen LogP contribution in [0.25, 0.3) is 0 Å². The molecule has 0 aliphatic rings. The van der Waals surface area contributed by atoms with E-state index in [1.807, 2.05) is 0 Å². The lowest BCUT2D eigenvalue weighted by Crippen LogP contribution is -2.04. The number of methoxy groups -OCH3 is 1. The molecule has 0 amide bonds. The molecule has 0 spiro atoms. The molecule has 0 bridgehead atoms. The summed E-state index contributed by atoms with van der Waals surface area (Å²) in [6, 6.07) is 4.08. The third-order valence-corrected chi connectivity index (χ3v) is 2.65. The lowest BCUT2D eigenvalue weighted by Gasteiger charge is -2.03. The first-order valence-corrected chi connectivity index (χ1v) is 5.48. The zero-order valence-corrected chi connectivity index (χ0v) is 10.1. The zero-order chi connectivity index (χ0) is 12.8. The Balaban J connectivity index is 2.59. The molecule has 0 radical (unpaired) electrons. The second kappa shape index (κ2) is 6.35. The van der Waals surface area contributed by atoms with E-state index in [4.69, 9.17) is 11.6 Å². The first-order chi connectivity index (χ1) is 8.06. The van der Waals surface area contributed by atoms with Crippen molar-refractivity contribution in [2.45, 2.75) is 19.3 Å². The maximum absolute atomic E-state index is 13.1. The molecule has 3 nitrogen and oxygen atoms in total. The van der Waals surface area contributed by atoms with Gasteiger partial charge in [-0.05, 0) is 18.6 Å². The third-order valence-electron chi connectivity index (χ3n) is 2.26. The van der Waals surface area contributed by atoms with Crippen molar-refractivity contribution in [3.63, 3.8) is 0 Å². The van der Waals surface area contributed by atoms with Crippen LogP contribution in [0.2, 0.25) is 5.02 Å². The van der Waals surface area contributed by atoms with E-state index in [0.29, 0.717) is 6.42 Å². The lowest BCUT2D eigenvalue weighted by atomic mass is 10.1. The van der Waals surface area contributed by atoms with E-state index >= 15 is 0 Å². The molecular formula is C12H12ClFO3. The number of benzene rings is 1. The highest BCUT2D eigenvalue weighted by molar-refractivity contribution is 6.34. The van der Waals surface area contributed by atoms with E-state index in [0.717, 1.165) is 0 Å². The summed E-state index contributed by atoms with van der Waals surface area (Å²) in [4.78, 5) is 22.5. The normalized spacial score (nSPS) is 10.1. The van der Waals surface area contributed by atoms with Gasteiger partial charge in [0.1, 0.15) is 5.82 Å². The highest BCUT2D eigenvalue weighted by Crippen LogP contribution is 2.21.